The molecule has 1 amide bonds. The number of rotatable bonds is 2. The predicted molar refractivity (Wildman–Crippen MR) is 55.9 cm³/mol. The Morgan fingerprint density at radius 2 is 2.29 bits per heavy atom. The Morgan fingerprint density at radius 1 is 1.50 bits per heavy atom. The second kappa shape index (κ2) is 3.82. The van der Waals surface area contributed by atoms with Crippen molar-refractivity contribution in [1.82, 2.24) is 4.90 Å². The third-order valence-electron chi connectivity index (χ3n) is 2.98. The van der Waals surface area contributed by atoms with Crippen LogP contribution in [-0.2, 0) is 11.2 Å². The lowest BCUT2D eigenvalue weighted by atomic mass is 9.92. The number of nitrogens with zero attached hydrogens (tertiary/aromatic N) is 1. The van der Waals surface area contributed by atoms with Crippen LogP contribution in [0.5, 0.6) is 0 Å². The first-order valence-electron chi connectivity index (χ1n) is 5.15. The van der Waals surface area contributed by atoms with E-state index >= 15 is 0 Å². The number of amides is 1. The minimum atomic E-state index is 0.289. The van der Waals surface area contributed by atoms with Gasteiger partial charge in [-0.25, -0.2) is 0 Å². The summed E-state index contributed by atoms with van der Waals surface area (Å²) in [5, 5.41) is 0. The summed E-state index contributed by atoms with van der Waals surface area (Å²) < 4.78 is 0. The van der Waals surface area contributed by atoms with E-state index in [4.69, 9.17) is 0 Å². The normalized spacial score (nSPS) is 20.4. The van der Waals surface area contributed by atoms with Crippen LogP contribution in [0.2, 0.25) is 0 Å². The van der Waals surface area contributed by atoms with Gasteiger partial charge in [-0.15, -0.1) is 0 Å². The zero-order chi connectivity index (χ0) is 9.97. The summed E-state index contributed by atoms with van der Waals surface area (Å²) in [5.74, 6) is 0. The summed E-state index contributed by atoms with van der Waals surface area (Å²) in [5.41, 5.74) is 2.73. The Kier molecular flexibility index (Phi) is 2.53. The van der Waals surface area contributed by atoms with E-state index < -0.39 is 0 Å². The lowest BCUT2D eigenvalue weighted by Crippen LogP contribution is -2.33. The molecule has 2 heteroatoms. The highest BCUT2D eigenvalue weighted by molar-refractivity contribution is 5.51. The maximum Gasteiger partial charge on any atom is 0.210 e. The van der Waals surface area contributed by atoms with Crippen molar-refractivity contribution >= 4 is 6.41 Å². The Morgan fingerprint density at radius 3 is 3.00 bits per heavy atom. The number of hydrogen-bond acceptors (Lipinski definition) is 1. The molecule has 2 rings (SSSR count). The van der Waals surface area contributed by atoms with E-state index in [0.717, 1.165) is 25.8 Å². The van der Waals surface area contributed by atoms with Crippen LogP contribution in [0.1, 0.15) is 30.5 Å². The topological polar surface area (TPSA) is 20.3 Å². The van der Waals surface area contributed by atoms with Crippen LogP contribution in [0.4, 0.5) is 0 Å². The molecular formula is C12H15NO. The maximum atomic E-state index is 10.9. The minimum Gasteiger partial charge on any atom is -0.338 e. The molecule has 1 aliphatic rings. The van der Waals surface area contributed by atoms with E-state index in [0.29, 0.717) is 0 Å². The number of carbonyl (C=O) groups is 1. The summed E-state index contributed by atoms with van der Waals surface area (Å²) in [6.45, 7) is 2.99. The minimum absolute atomic E-state index is 0.289. The smallest absolute Gasteiger partial charge is 0.210 e. The van der Waals surface area contributed by atoms with Crippen LogP contribution >= 0.6 is 0 Å². The molecule has 1 atom stereocenters. The fourth-order valence-corrected chi connectivity index (χ4v) is 2.25. The average molecular weight is 189 g/mol. The van der Waals surface area contributed by atoms with Gasteiger partial charge in [-0.3, -0.25) is 4.79 Å². The van der Waals surface area contributed by atoms with E-state index in [1.807, 2.05) is 4.90 Å². The molecule has 14 heavy (non-hydrogen) atoms. The predicted octanol–water partition coefficient (Wildman–Crippen LogP) is 2.15. The van der Waals surface area contributed by atoms with Gasteiger partial charge in [0.05, 0.1) is 6.04 Å². The van der Waals surface area contributed by atoms with E-state index in [2.05, 4.69) is 31.2 Å². The molecule has 0 aromatic heterocycles. The van der Waals surface area contributed by atoms with Gasteiger partial charge < -0.3 is 4.90 Å². The highest BCUT2D eigenvalue weighted by atomic mass is 16.1. The van der Waals surface area contributed by atoms with E-state index in [9.17, 15) is 4.79 Å². The van der Waals surface area contributed by atoms with Crippen molar-refractivity contribution in [3.05, 3.63) is 35.4 Å². The summed E-state index contributed by atoms with van der Waals surface area (Å²) in [6.07, 6.45) is 2.96. The van der Waals surface area contributed by atoms with Crippen LogP contribution in [0, 0.1) is 0 Å². The van der Waals surface area contributed by atoms with Gasteiger partial charge in [-0.05, 0) is 24.0 Å². The highest BCUT2D eigenvalue weighted by Crippen LogP contribution is 2.30. The second-order valence-electron chi connectivity index (χ2n) is 3.72. The SMILES string of the molecule is CCC1c2ccccc2CCN1C=O. The molecule has 1 aromatic carbocycles. The molecule has 0 bridgehead atoms. The zero-order valence-corrected chi connectivity index (χ0v) is 8.44. The molecule has 1 unspecified atom stereocenters. The molecule has 0 fully saturated rings. The summed E-state index contributed by atoms with van der Waals surface area (Å²) in [4.78, 5) is 12.8. The summed E-state index contributed by atoms with van der Waals surface area (Å²) in [6, 6.07) is 8.72. The van der Waals surface area contributed by atoms with E-state index in [-0.39, 0.29) is 6.04 Å². The van der Waals surface area contributed by atoms with Crippen molar-refractivity contribution in [2.75, 3.05) is 6.54 Å². The van der Waals surface area contributed by atoms with Crippen LogP contribution in [0.25, 0.3) is 0 Å². The number of benzene rings is 1. The Bertz CT molecular complexity index is 335. The zero-order valence-electron chi connectivity index (χ0n) is 8.44. The Balaban J connectivity index is 2.39. The van der Waals surface area contributed by atoms with Crippen molar-refractivity contribution in [1.29, 1.82) is 0 Å². The molecule has 1 aliphatic heterocycles. The summed E-state index contributed by atoms with van der Waals surface area (Å²) in [7, 11) is 0. The van der Waals surface area contributed by atoms with Crippen molar-refractivity contribution in [2.45, 2.75) is 25.8 Å². The largest absolute Gasteiger partial charge is 0.338 e. The summed E-state index contributed by atoms with van der Waals surface area (Å²) >= 11 is 0. The first kappa shape index (κ1) is 9.25. The monoisotopic (exact) mass is 189 g/mol. The quantitative estimate of drug-likeness (QED) is 0.653. The van der Waals surface area contributed by atoms with Gasteiger partial charge in [0.2, 0.25) is 6.41 Å². The van der Waals surface area contributed by atoms with Gasteiger partial charge in [0.15, 0.2) is 0 Å². The van der Waals surface area contributed by atoms with Crippen LogP contribution in [-0.4, -0.2) is 17.9 Å². The lowest BCUT2D eigenvalue weighted by molar-refractivity contribution is -0.120. The molecule has 0 saturated carbocycles. The Labute approximate surface area is 84.5 Å². The van der Waals surface area contributed by atoms with Gasteiger partial charge in [0.1, 0.15) is 0 Å². The standard InChI is InChI=1S/C12H15NO/c1-2-12-11-6-4-3-5-10(11)7-8-13(12)9-14/h3-6,9,12H,2,7-8H2,1H3. The van der Waals surface area contributed by atoms with Crippen LogP contribution in [0.15, 0.2) is 24.3 Å². The number of carbonyl (C=O) groups excluding carboxylic acids is 1. The van der Waals surface area contributed by atoms with Gasteiger partial charge >= 0.3 is 0 Å². The molecule has 2 nitrogen and oxygen atoms in total. The van der Waals surface area contributed by atoms with E-state index in [1.54, 1.807) is 0 Å². The van der Waals surface area contributed by atoms with Crippen molar-refractivity contribution in [3.63, 3.8) is 0 Å². The first-order chi connectivity index (χ1) is 6.86. The van der Waals surface area contributed by atoms with Crippen molar-refractivity contribution in [2.24, 2.45) is 0 Å². The van der Waals surface area contributed by atoms with Gasteiger partial charge in [-0.1, -0.05) is 31.2 Å². The third-order valence-corrected chi connectivity index (χ3v) is 2.98. The lowest BCUT2D eigenvalue weighted by Gasteiger charge is -2.34. The second-order valence-corrected chi connectivity index (χ2v) is 3.72. The molecule has 0 saturated heterocycles. The molecule has 1 heterocycles. The molecule has 0 aliphatic carbocycles. The highest BCUT2D eigenvalue weighted by Gasteiger charge is 2.23. The first-order valence-corrected chi connectivity index (χ1v) is 5.15. The van der Waals surface area contributed by atoms with Crippen molar-refractivity contribution < 1.29 is 4.79 Å². The van der Waals surface area contributed by atoms with Gasteiger partial charge in [0, 0.05) is 6.54 Å². The maximum absolute atomic E-state index is 10.9. The molecular weight excluding hydrogens is 174 g/mol. The molecule has 0 N–H and O–H groups in total. The number of hydrogen-bond donors (Lipinski definition) is 0. The average Bonchev–Trinajstić information content (AvgIpc) is 2.27. The van der Waals surface area contributed by atoms with Gasteiger partial charge in [0.25, 0.3) is 0 Å². The van der Waals surface area contributed by atoms with Crippen LogP contribution < -0.4 is 0 Å². The molecule has 0 radical (unpaired) electrons. The number of fused-ring (bicyclic) bond motifs is 1. The molecule has 74 valence electrons. The van der Waals surface area contributed by atoms with E-state index in [1.165, 1.54) is 11.1 Å². The van der Waals surface area contributed by atoms with Crippen molar-refractivity contribution in [3.8, 4) is 0 Å². The fraction of sp³-hybridized carbons (Fsp3) is 0.417. The van der Waals surface area contributed by atoms with Crippen LogP contribution in [0.3, 0.4) is 0 Å². The van der Waals surface area contributed by atoms with Gasteiger partial charge in [-0.2, -0.15) is 0 Å². The molecule has 1 aromatic rings. The molecule has 0 spiro atoms. The fourth-order valence-electron chi connectivity index (χ4n) is 2.25. The Hall–Kier alpha value is -1.31. The third kappa shape index (κ3) is 1.41.